The van der Waals surface area contributed by atoms with Gasteiger partial charge >= 0.3 is 5.97 Å². The summed E-state index contributed by atoms with van der Waals surface area (Å²) in [4.78, 5) is 11.5. The second kappa shape index (κ2) is 8.62. The van der Waals surface area contributed by atoms with Crippen LogP contribution in [0.5, 0.6) is 0 Å². The molecule has 0 aromatic heterocycles. The van der Waals surface area contributed by atoms with Gasteiger partial charge in [-0.25, -0.2) is 0 Å². The van der Waals surface area contributed by atoms with E-state index in [1.54, 1.807) is 0 Å². The first kappa shape index (κ1) is 20.8. The normalized spacial score (nSPS) is 20.7. The van der Waals surface area contributed by atoms with Crippen molar-refractivity contribution in [3.63, 3.8) is 0 Å². The van der Waals surface area contributed by atoms with Crippen LogP contribution in [0.25, 0.3) is 0 Å². The van der Waals surface area contributed by atoms with Gasteiger partial charge in [0.2, 0.25) is 0 Å². The van der Waals surface area contributed by atoms with Crippen LogP contribution in [0.1, 0.15) is 52.9 Å². The quantitative estimate of drug-likeness (QED) is 0.726. The maximum Gasteiger partial charge on any atom is 0.303 e. The van der Waals surface area contributed by atoms with Crippen molar-refractivity contribution >= 4 is 24.7 Å². The highest BCUT2D eigenvalue weighted by Gasteiger charge is 2.52. The third kappa shape index (κ3) is 4.23. The van der Waals surface area contributed by atoms with Crippen molar-refractivity contribution in [2.24, 2.45) is 5.92 Å². The summed E-state index contributed by atoms with van der Waals surface area (Å²) in [5, 5.41) is 11.9. The van der Waals surface area contributed by atoms with Gasteiger partial charge in [0.15, 0.2) is 0 Å². The molecule has 0 saturated heterocycles. The summed E-state index contributed by atoms with van der Waals surface area (Å²) in [5.74, 6) is -0.629. The highest BCUT2D eigenvalue weighted by molar-refractivity contribution is 6.99. The van der Waals surface area contributed by atoms with Crippen LogP contribution < -0.4 is 10.4 Å². The van der Waals surface area contributed by atoms with E-state index in [2.05, 4.69) is 69.3 Å². The van der Waals surface area contributed by atoms with Gasteiger partial charge in [0.1, 0.15) is 0 Å². The molecule has 0 amide bonds. The van der Waals surface area contributed by atoms with Crippen LogP contribution in [-0.4, -0.2) is 25.5 Å². The van der Waals surface area contributed by atoms with E-state index in [1.165, 1.54) is 10.4 Å². The van der Waals surface area contributed by atoms with Gasteiger partial charge in [-0.1, -0.05) is 94.3 Å². The predicted octanol–water partition coefficient (Wildman–Crippen LogP) is 4.60. The van der Waals surface area contributed by atoms with Crippen LogP contribution in [0.4, 0.5) is 0 Å². The van der Waals surface area contributed by atoms with E-state index in [9.17, 15) is 9.90 Å². The molecule has 1 N–H and O–H groups in total. The minimum atomic E-state index is -2.62. The Kier molecular flexibility index (Phi) is 6.41. The maximum atomic E-state index is 11.5. The van der Waals surface area contributed by atoms with E-state index in [0.29, 0.717) is 0 Å². The number of hydrogen-bond acceptors (Lipinski definition) is 2. The molecule has 0 radical (unpaired) electrons. The molecule has 1 aliphatic carbocycles. The highest BCUT2D eigenvalue weighted by atomic mass is 28.4. The Morgan fingerprint density at radius 1 is 0.964 bits per heavy atom. The summed E-state index contributed by atoms with van der Waals surface area (Å²) >= 11 is 0. The molecule has 4 heteroatoms. The van der Waals surface area contributed by atoms with Crippen molar-refractivity contribution in [1.82, 2.24) is 0 Å². The van der Waals surface area contributed by atoms with Gasteiger partial charge in [-0.05, 0) is 34.2 Å². The second-order valence-corrected chi connectivity index (χ2v) is 13.2. The van der Waals surface area contributed by atoms with E-state index >= 15 is 0 Å². The fourth-order valence-corrected chi connectivity index (χ4v) is 9.48. The molecular weight excluding hydrogens is 364 g/mol. The van der Waals surface area contributed by atoms with Crippen LogP contribution in [0, 0.1) is 5.92 Å². The molecule has 0 spiro atoms. The average Bonchev–Trinajstić information content (AvgIpc) is 2.67. The Balaban J connectivity index is 2.11. The lowest BCUT2D eigenvalue weighted by molar-refractivity contribution is -0.139. The molecular formula is C24H32O3Si. The Bertz CT molecular complexity index is 728. The number of carboxylic acid groups (broad SMARTS) is 1. The molecule has 150 valence electrons. The number of benzene rings is 2. The smallest absolute Gasteiger partial charge is 0.303 e. The number of aliphatic carboxylic acids is 1. The predicted molar refractivity (Wildman–Crippen MR) is 117 cm³/mol. The Hall–Kier alpha value is -1.91. The van der Waals surface area contributed by atoms with Crippen molar-refractivity contribution in [2.45, 2.75) is 64.0 Å². The van der Waals surface area contributed by atoms with Crippen molar-refractivity contribution in [3.05, 3.63) is 60.7 Å². The lowest BCUT2D eigenvalue weighted by atomic mass is 9.84. The van der Waals surface area contributed by atoms with Gasteiger partial charge in [-0.2, -0.15) is 0 Å². The molecule has 1 saturated carbocycles. The maximum absolute atomic E-state index is 11.5. The molecule has 2 aromatic carbocycles. The van der Waals surface area contributed by atoms with Crippen LogP contribution in [0.2, 0.25) is 5.04 Å². The van der Waals surface area contributed by atoms with Gasteiger partial charge in [-0.15, -0.1) is 0 Å². The SMILES string of the molecule is CC(C)(C)[Si](O[C@H]1CCCC[C@H]1CC(=O)O)(c1ccccc1)c1ccccc1. The lowest BCUT2D eigenvalue weighted by Gasteiger charge is -2.47. The van der Waals surface area contributed by atoms with Gasteiger partial charge in [0, 0.05) is 6.10 Å². The number of carbonyl (C=O) groups is 1. The Morgan fingerprint density at radius 2 is 1.46 bits per heavy atom. The van der Waals surface area contributed by atoms with E-state index in [4.69, 9.17) is 4.43 Å². The summed E-state index contributed by atoms with van der Waals surface area (Å²) in [7, 11) is -2.62. The molecule has 0 unspecified atom stereocenters. The van der Waals surface area contributed by atoms with Gasteiger partial charge in [0.25, 0.3) is 8.32 Å². The zero-order valence-corrected chi connectivity index (χ0v) is 18.2. The third-order valence-corrected chi connectivity index (χ3v) is 11.1. The van der Waals surface area contributed by atoms with Crippen LogP contribution in [0.3, 0.4) is 0 Å². The zero-order valence-electron chi connectivity index (χ0n) is 17.2. The molecule has 2 aromatic rings. The third-order valence-electron chi connectivity index (χ3n) is 6.02. The first-order valence-electron chi connectivity index (χ1n) is 10.4. The summed E-state index contributed by atoms with van der Waals surface area (Å²) < 4.78 is 7.20. The number of carboxylic acids is 1. The van der Waals surface area contributed by atoms with Crippen LogP contribution in [-0.2, 0) is 9.22 Å². The average molecular weight is 397 g/mol. The van der Waals surface area contributed by atoms with E-state index in [-0.39, 0.29) is 23.5 Å². The second-order valence-electron chi connectivity index (χ2n) is 8.96. The minimum Gasteiger partial charge on any atom is -0.481 e. The van der Waals surface area contributed by atoms with E-state index in [0.717, 1.165) is 25.7 Å². The number of rotatable bonds is 6. The van der Waals surface area contributed by atoms with Crippen molar-refractivity contribution in [3.8, 4) is 0 Å². The summed E-state index contributed by atoms with van der Waals surface area (Å²) in [5.41, 5.74) is 0. The van der Waals surface area contributed by atoms with Gasteiger partial charge < -0.3 is 9.53 Å². The zero-order chi connectivity index (χ0) is 20.2. The van der Waals surface area contributed by atoms with E-state index < -0.39 is 14.3 Å². The van der Waals surface area contributed by atoms with Gasteiger partial charge in [-0.3, -0.25) is 4.79 Å². The molecule has 0 heterocycles. The fraction of sp³-hybridized carbons (Fsp3) is 0.458. The molecule has 2 atom stereocenters. The molecule has 3 nitrogen and oxygen atoms in total. The summed E-state index contributed by atoms with van der Waals surface area (Å²) in [6.45, 7) is 6.82. The monoisotopic (exact) mass is 396 g/mol. The molecule has 1 aliphatic rings. The first-order valence-corrected chi connectivity index (χ1v) is 12.3. The minimum absolute atomic E-state index is 0.00356. The Labute approximate surface area is 169 Å². The van der Waals surface area contributed by atoms with Crippen LogP contribution in [0.15, 0.2) is 60.7 Å². The van der Waals surface area contributed by atoms with Crippen molar-refractivity contribution in [1.29, 1.82) is 0 Å². The standard InChI is InChI=1S/C24H32O3Si/c1-24(2,3)28(20-13-6-4-7-14-20,21-15-8-5-9-16-21)27-22-17-11-10-12-19(22)18-23(25)26/h4-9,13-16,19,22H,10-12,17-18H2,1-3H3,(H,25,26)/t19-,22-/m0/s1. The highest BCUT2D eigenvalue weighted by Crippen LogP contribution is 2.41. The topological polar surface area (TPSA) is 46.5 Å². The number of hydrogen-bond donors (Lipinski definition) is 1. The largest absolute Gasteiger partial charge is 0.481 e. The van der Waals surface area contributed by atoms with Crippen molar-refractivity contribution in [2.75, 3.05) is 0 Å². The fourth-order valence-electron chi connectivity index (χ4n) is 4.70. The molecule has 1 fully saturated rings. The van der Waals surface area contributed by atoms with Gasteiger partial charge in [0.05, 0.1) is 6.42 Å². The molecule has 3 rings (SSSR count). The lowest BCUT2D eigenvalue weighted by Crippen LogP contribution is -2.68. The summed E-state index contributed by atoms with van der Waals surface area (Å²) in [6, 6.07) is 21.2. The van der Waals surface area contributed by atoms with E-state index in [1.807, 2.05) is 12.1 Å². The molecule has 0 aliphatic heterocycles. The van der Waals surface area contributed by atoms with Crippen LogP contribution >= 0.6 is 0 Å². The molecule has 0 bridgehead atoms. The summed E-state index contributed by atoms with van der Waals surface area (Å²) in [6.07, 6.45) is 4.29. The Morgan fingerprint density at radius 3 is 1.93 bits per heavy atom. The first-order chi connectivity index (χ1) is 13.3. The van der Waals surface area contributed by atoms with Crippen molar-refractivity contribution < 1.29 is 14.3 Å². The molecule has 28 heavy (non-hydrogen) atoms.